The molecule has 0 fully saturated rings. The van der Waals surface area contributed by atoms with Gasteiger partial charge < -0.3 is 4.43 Å². The number of isocyanates is 1. The van der Waals surface area contributed by atoms with Crippen molar-refractivity contribution in [3.8, 4) is 0 Å². The van der Waals surface area contributed by atoms with Gasteiger partial charge in [0.15, 0.2) is 0 Å². The maximum atomic E-state index is 10.5. The first kappa shape index (κ1) is 18.3. The fraction of sp³-hybridized carbons (Fsp3) is 0.350. The summed E-state index contributed by atoms with van der Waals surface area (Å²) in [5, 5.41) is 2.38. The van der Waals surface area contributed by atoms with Crippen molar-refractivity contribution in [3.63, 3.8) is 0 Å². The monoisotopic (exact) mass is 339 g/mol. The first-order valence-corrected chi connectivity index (χ1v) is 10.1. The van der Waals surface area contributed by atoms with Gasteiger partial charge in [-0.05, 0) is 22.3 Å². The van der Waals surface area contributed by atoms with E-state index in [4.69, 9.17) is 4.43 Å². The second kappa shape index (κ2) is 7.71. The fourth-order valence-electron chi connectivity index (χ4n) is 3.20. The van der Waals surface area contributed by atoms with E-state index in [9.17, 15) is 4.79 Å². The van der Waals surface area contributed by atoms with Gasteiger partial charge in [-0.2, -0.15) is 0 Å². The van der Waals surface area contributed by atoms with Crippen LogP contribution in [0.1, 0.15) is 27.7 Å². The highest BCUT2D eigenvalue weighted by Crippen LogP contribution is 2.37. The van der Waals surface area contributed by atoms with E-state index >= 15 is 0 Å². The summed E-state index contributed by atoms with van der Waals surface area (Å²) in [5.74, 6) is 0. The zero-order chi connectivity index (χ0) is 17.6. The third kappa shape index (κ3) is 3.73. The summed E-state index contributed by atoms with van der Waals surface area (Å²) in [7, 11) is -2.55. The van der Waals surface area contributed by atoms with Crippen LogP contribution in [0.4, 0.5) is 0 Å². The van der Waals surface area contributed by atoms with Crippen molar-refractivity contribution in [1.29, 1.82) is 0 Å². The quantitative estimate of drug-likeness (QED) is 0.460. The van der Waals surface area contributed by atoms with Crippen molar-refractivity contribution < 1.29 is 9.22 Å². The Kier molecular flexibility index (Phi) is 5.89. The van der Waals surface area contributed by atoms with Gasteiger partial charge in [0.1, 0.15) is 0 Å². The Hall–Kier alpha value is -2.00. The number of rotatable bonds is 6. The highest BCUT2D eigenvalue weighted by molar-refractivity contribution is 6.99. The predicted octanol–water partition coefficient (Wildman–Crippen LogP) is 3.29. The number of hydrogen-bond acceptors (Lipinski definition) is 3. The molecule has 0 spiro atoms. The standard InChI is InChI=1S/C20H25NO2Si/c1-17(15-21-16-22)23-24(20(2,3)4,18-11-7-5-8-12-18)19-13-9-6-10-14-19/h5-14,17H,15H2,1-4H3/t17-/m1/s1. The molecule has 0 saturated heterocycles. The van der Waals surface area contributed by atoms with E-state index < -0.39 is 8.32 Å². The molecule has 0 bridgehead atoms. The Morgan fingerprint density at radius 1 is 1.00 bits per heavy atom. The molecule has 0 amide bonds. The van der Waals surface area contributed by atoms with E-state index in [2.05, 4.69) is 74.3 Å². The normalized spacial score (nSPS) is 13.2. The molecule has 24 heavy (non-hydrogen) atoms. The lowest BCUT2D eigenvalue weighted by Crippen LogP contribution is -2.67. The molecule has 0 saturated carbocycles. The SMILES string of the molecule is C[C@H](CN=C=O)O[Si](c1ccccc1)(c1ccccc1)C(C)(C)C. The third-order valence-corrected chi connectivity index (χ3v) is 9.37. The molecule has 0 aliphatic carbocycles. The summed E-state index contributed by atoms with van der Waals surface area (Å²) in [4.78, 5) is 14.2. The molecule has 3 nitrogen and oxygen atoms in total. The molecule has 2 aromatic rings. The molecule has 4 heteroatoms. The van der Waals surface area contributed by atoms with Gasteiger partial charge in [0.2, 0.25) is 6.08 Å². The van der Waals surface area contributed by atoms with Crippen LogP contribution in [0, 0.1) is 0 Å². The van der Waals surface area contributed by atoms with Gasteiger partial charge in [0.25, 0.3) is 8.32 Å². The summed E-state index contributed by atoms with van der Waals surface area (Å²) >= 11 is 0. The smallest absolute Gasteiger partial charge is 0.261 e. The molecule has 0 heterocycles. The molecule has 0 aromatic heterocycles. The van der Waals surface area contributed by atoms with Crippen LogP contribution in [0.15, 0.2) is 65.7 Å². The van der Waals surface area contributed by atoms with Crippen molar-refractivity contribution in [2.45, 2.75) is 38.8 Å². The molecule has 0 N–H and O–H groups in total. The van der Waals surface area contributed by atoms with E-state index in [0.717, 1.165) is 0 Å². The van der Waals surface area contributed by atoms with Gasteiger partial charge in [-0.25, -0.2) is 9.79 Å². The molecular weight excluding hydrogens is 314 g/mol. The number of carbonyl (C=O) groups excluding carboxylic acids is 1. The largest absolute Gasteiger partial charge is 0.403 e. The lowest BCUT2D eigenvalue weighted by Gasteiger charge is -2.44. The van der Waals surface area contributed by atoms with Crippen LogP contribution in [-0.2, 0) is 9.22 Å². The van der Waals surface area contributed by atoms with Gasteiger partial charge in [-0.1, -0.05) is 81.4 Å². The van der Waals surface area contributed by atoms with Crippen molar-refractivity contribution >= 4 is 24.8 Å². The minimum atomic E-state index is -2.55. The minimum absolute atomic E-state index is 0.0745. The average molecular weight is 340 g/mol. The molecule has 126 valence electrons. The zero-order valence-corrected chi connectivity index (χ0v) is 15.8. The number of nitrogens with zero attached hydrogens (tertiary/aromatic N) is 1. The second-order valence-corrected chi connectivity index (χ2v) is 11.3. The van der Waals surface area contributed by atoms with Crippen molar-refractivity contribution in [2.75, 3.05) is 6.54 Å². The Morgan fingerprint density at radius 2 is 1.46 bits per heavy atom. The predicted molar refractivity (Wildman–Crippen MR) is 101 cm³/mol. The second-order valence-electron chi connectivity index (χ2n) is 7.02. The number of hydrogen-bond donors (Lipinski definition) is 0. The van der Waals surface area contributed by atoms with Crippen molar-refractivity contribution in [2.24, 2.45) is 4.99 Å². The lowest BCUT2D eigenvalue weighted by atomic mass is 10.2. The number of benzene rings is 2. The average Bonchev–Trinajstić information content (AvgIpc) is 2.58. The van der Waals surface area contributed by atoms with Crippen LogP contribution in [0.3, 0.4) is 0 Å². The summed E-state index contributed by atoms with van der Waals surface area (Å²) in [6, 6.07) is 20.9. The molecule has 0 radical (unpaired) electrons. The van der Waals surface area contributed by atoms with Crippen LogP contribution in [0.25, 0.3) is 0 Å². The van der Waals surface area contributed by atoms with E-state index in [1.54, 1.807) is 6.08 Å². The topological polar surface area (TPSA) is 38.7 Å². The Labute approximate surface area is 145 Å². The van der Waals surface area contributed by atoms with Gasteiger partial charge in [0.05, 0.1) is 12.6 Å². The Balaban J connectivity index is 2.63. The first-order valence-electron chi connectivity index (χ1n) is 8.24. The molecular formula is C20H25NO2Si. The van der Waals surface area contributed by atoms with E-state index in [1.165, 1.54) is 10.4 Å². The zero-order valence-electron chi connectivity index (χ0n) is 14.8. The van der Waals surface area contributed by atoms with Crippen LogP contribution < -0.4 is 10.4 Å². The van der Waals surface area contributed by atoms with Crippen molar-refractivity contribution in [3.05, 3.63) is 60.7 Å². The fourth-order valence-corrected chi connectivity index (χ4v) is 7.89. The minimum Gasteiger partial charge on any atom is -0.403 e. The first-order chi connectivity index (χ1) is 11.4. The van der Waals surface area contributed by atoms with Crippen LogP contribution in [-0.4, -0.2) is 27.0 Å². The third-order valence-electron chi connectivity index (χ3n) is 4.21. The number of aliphatic imine (C=N–C) groups is 1. The van der Waals surface area contributed by atoms with Gasteiger partial charge in [-0.15, -0.1) is 0 Å². The van der Waals surface area contributed by atoms with Crippen LogP contribution >= 0.6 is 0 Å². The molecule has 0 unspecified atom stereocenters. The summed E-state index contributed by atoms with van der Waals surface area (Å²) < 4.78 is 6.74. The van der Waals surface area contributed by atoms with Crippen molar-refractivity contribution in [1.82, 2.24) is 0 Å². The molecule has 2 aromatic carbocycles. The maximum Gasteiger partial charge on any atom is 0.261 e. The maximum absolute atomic E-state index is 10.5. The Morgan fingerprint density at radius 3 is 1.83 bits per heavy atom. The molecule has 2 rings (SSSR count). The summed E-state index contributed by atoms with van der Waals surface area (Å²) in [5.41, 5.74) is 0. The Bertz CT molecular complexity index is 649. The van der Waals surface area contributed by atoms with Gasteiger partial charge in [-0.3, -0.25) is 0 Å². The summed E-state index contributed by atoms with van der Waals surface area (Å²) in [6.07, 6.45) is 1.46. The van der Waals surface area contributed by atoms with Crippen LogP contribution in [0.5, 0.6) is 0 Å². The molecule has 1 atom stereocenters. The van der Waals surface area contributed by atoms with Crippen LogP contribution in [0.2, 0.25) is 5.04 Å². The lowest BCUT2D eigenvalue weighted by molar-refractivity contribution is 0.214. The highest BCUT2D eigenvalue weighted by Gasteiger charge is 2.50. The summed E-state index contributed by atoms with van der Waals surface area (Å²) in [6.45, 7) is 8.99. The van der Waals surface area contributed by atoms with E-state index in [0.29, 0.717) is 6.54 Å². The molecule has 0 aliphatic rings. The van der Waals surface area contributed by atoms with E-state index in [1.807, 2.05) is 19.1 Å². The van der Waals surface area contributed by atoms with Gasteiger partial charge >= 0.3 is 0 Å². The highest BCUT2D eigenvalue weighted by atomic mass is 28.4. The van der Waals surface area contributed by atoms with Gasteiger partial charge in [0, 0.05) is 0 Å². The molecule has 0 aliphatic heterocycles. The van der Waals surface area contributed by atoms with E-state index in [-0.39, 0.29) is 11.1 Å².